The van der Waals surface area contributed by atoms with Crippen LogP contribution < -0.4 is 10.4 Å². The highest BCUT2D eigenvalue weighted by Gasteiger charge is 2.33. The third-order valence-electron chi connectivity index (χ3n) is 5.69. The van der Waals surface area contributed by atoms with Gasteiger partial charge in [0.2, 0.25) is 0 Å². The van der Waals surface area contributed by atoms with Gasteiger partial charge in [-0.1, -0.05) is 20.8 Å². The monoisotopic (exact) mass is 372 g/mol. The SMILES string of the molecule is COc1ccc2c(COC(=O)C3CCC(C(C)(C)C)CC3)cc(=O)oc2c1. The van der Waals surface area contributed by atoms with Crippen LogP contribution in [0.15, 0.2) is 33.5 Å². The molecule has 2 aromatic rings. The number of carbonyl (C=O) groups is 1. The molecule has 1 fully saturated rings. The fourth-order valence-corrected chi connectivity index (χ4v) is 3.92. The lowest BCUT2D eigenvalue weighted by atomic mass is 9.70. The molecular weight excluding hydrogens is 344 g/mol. The van der Waals surface area contributed by atoms with Crippen LogP contribution in [0, 0.1) is 17.3 Å². The summed E-state index contributed by atoms with van der Waals surface area (Å²) in [4.78, 5) is 24.3. The predicted octanol–water partition coefficient (Wildman–Crippen LogP) is 4.70. The minimum atomic E-state index is -0.465. The van der Waals surface area contributed by atoms with E-state index in [0.717, 1.165) is 31.1 Å². The first-order valence-electron chi connectivity index (χ1n) is 9.55. The number of methoxy groups -OCH3 is 1. The van der Waals surface area contributed by atoms with E-state index >= 15 is 0 Å². The molecule has 1 saturated carbocycles. The third kappa shape index (κ3) is 4.52. The number of rotatable bonds is 4. The fraction of sp³-hybridized carbons (Fsp3) is 0.545. The first-order chi connectivity index (χ1) is 12.8. The van der Waals surface area contributed by atoms with Crippen molar-refractivity contribution in [2.75, 3.05) is 7.11 Å². The molecule has 0 spiro atoms. The quantitative estimate of drug-likeness (QED) is 0.575. The second-order valence-corrected chi connectivity index (χ2v) is 8.48. The molecule has 1 aliphatic rings. The molecule has 1 aliphatic carbocycles. The maximum absolute atomic E-state index is 12.5. The number of hydrogen-bond acceptors (Lipinski definition) is 5. The molecule has 27 heavy (non-hydrogen) atoms. The first-order valence-corrected chi connectivity index (χ1v) is 9.55. The van der Waals surface area contributed by atoms with Gasteiger partial charge < -0.3 is 13.9 Å². The Kier molecular flexibility index (Phi) is 5.59. The van der Waals surface area contributed by atoms with E-state index in [9.17, 15) is 9.59 Å². The molecule has 1 heterocycles. The van der Waals surface area contributed by atoms with E-state index in [-0.39, 0.29) is 23.9 Å². The van der Waals surface area contributed by atoms with Gasteiger partial charge in [-0.15, -0.1) is 0 Å². The van der Waals surface area contributed by atoms with E-state index in [2.05, 4.69) is 20.8 Å². The van der Waals surface area contributed by atoms with Crippen LogP contribution >= 0.6 is 0 Å². The van der Waals surface area contributed by atoms with Gasteiger partial charge in [0, 0.05) is 23.1 Å². The lowest BCUT2D eigenvalue weighted by molar-refractivity contribution is -0.151. The standard InChI is InChI=1S/C22H28O5/c1-22(2,3)16-7-5-14(6-8-16)21(24)26-13-15-11-20(23)27-19-12-17(25-4)9-10-18(15)19/h9-12,14,16H,5-8,13H2,1-4H3. The molecule has 0 aliphatic heterocycles. The zero-order valence-corrected chi connectivity index (χ0v) is 16.5. The van der Waals surface area contributed by atoms with Crippen LogP contribution in [0.3, 0.4) is 0 Å². The Hall–Kier alpha value is -2.30. The molecule has 0 radical (unpaired) electrons. The average molecular weight is 372 g/mol. The summed E-state index contributed by atoms with van der Waals surface area (Å²) in [5.41, 5.74) is 0.902. The molecule has 1 aromatic heterocycles. The number of carbonyl (C=O) groups excluding carboxylic acids is 1. The number of ether oxygens (including phenoxy) is 2. The number of esters is 1. The summed E-state index contributed by atoms with van der Waals surface area (Å²) in [5, 5.41) is 0.750. The zero-order chi connectivity index (χ0) is 19.6. The van der Waals surface area contributed by atoms with Crippen molar-refractivity contribution in [3.63, 3.8) is 0 Å². The molecule has 0 saturated heterocycles. The molecule has 0 amide bonds. The van der Waals surface area contributed by atoms with E-state index in [1.165, 1.54) is 6.07 Å². The lowest BCUT2D eigenvalue weighted by Crippen LogP contribution is -2.29. The Morgan fingerprint density at radius 2 is 1.85 bits per heavy atom. The van der Waals surface area contributed by atoms with Crippen molar-refractivity contribution in [1.82, 2.24) is 0 Å². The Morgan fingerprint density at radius 3 is 2.48 bits per heavy atom. The first kappa shape index (κ1) is 19.5. The summed E-state index contributed by atoms with van der Waals surface area (Å²) >= 11 is 0. The van der Waals surface area contributed by atoms with Crippen molar-refractivity contribution in [3.8, 4) is 5.75 Å². The van der Waals surface area contributed by atoms with Gasteiger partial charge in [0.15, 0.2) is 0 Å². The maximum Gasteiger partial charge on any atom is 0.336 e. The Labute approximate surface area is 159 Å². The minimum Gasteiger partial charge on any atom is -0.497 e. The summed E-state index contributed by atoms with van der Waals surface area (Å²) in [6.07, 6.45) is 3.85. The van der Waals surface area contributed by atoms with Crippen molar-refractivity contribution >= 4 is 16.9 Å². The minimum absolute atomic E-state index is 0.0462. The second kappa shape index (κ2) is 7.75. The van der Waals surface area contributed by atoms with Gasteiger partial charge in [-0.2, -0.15) is 0 Å². The highest BCUT2D eigenvalue weighted by molar-refractivity contribution is 5.82. The topological polar surface area (TPSA) is 65.7 Å². The number of benzene rings is 1. The van der Waals surface area contributed by atoms with Gasteiger partial charge >= 0.3 is 11.6 Å². The third-order valence-corrected chi connectivity index (χ3v) is 5.69. The zero-order valence-electron chi connectivity index (χ0n) is 16.5. The molecule has 5 nitrogen and oxygen atoms in total. The molecule has 3 rings (SSSR count). The van der Waals surface area contributed by atoms with Crippen molar-refractivity contribution < 1.29 is 18.7 Å². The Balaban J connectivity index is 1.67. The predicted molar refractivity (Wildman–Crippen MR) is 104 cm³/mol. The maximum atomic E-state index is 12.5. The van der Waals surface area contributed by atoms with Crippen LogP contribution in [-0.2, 0) is 16.1 Å². The van der Waals surface area contributed by atoms with Crippen LogP contribution in [0.4, 0.5) is 0 Å². The molecule has 0 bridgehead atoms. The lowest BCUT2D eigenvalue weighted by Gasteiger charge is -2.36. The normalized spacial score (nSPS) is 20.4. The molecule has 1 aromatic carbocycles. The van der Waals surface area contributed by atoms with Crippen LogP contribution in [0.5, 0.6) is 5.75 Å². The molecular formula is C22H28O5. The summed E-state index contributed by atoms with van der Waals surface area (Å²) < 4.78 is 16.0. The van der Waals surface area contributed by atoms with Crippen LogP contribution in [0.1, 0.15) is 52.0 Å². The van der Waals surface area contributed by atoms with Crippen LogP contribution in [0.2, 0.25) is 0 Å². The summed E-state index contributed by atoms with van der Waals surface area (Å²) in [6.45, 7) is 6.86. The van der Waals surface area contributed by atoms with E-state index in [0.29, 0.717) is 22.8 Å². The summed E-state index contributed by atoms with van der Waals surface area (Å²) in [5.74, 6) is 1.04. The van der Waals surface area contributed by atoms with Gasteiger partial charge in [-0.25, -0.2) is 4.79 Å². The van der Waals surface area contributed by atoms with Crippen molar-refractivity contribution in [2.45, 2.75) is 53.1 Å². The van der Waals surface area contributed by atoms with E-state index < -0.39 is 5.63 Å². The molecule has 5 heteroatoms. The van der Waals surface area contributed by atoms with E-state index in [1.54, 1.807) is 19.2 Å². The van der Waals surface area contributed by atoms with Crippen LogP contribution in [-0.4, -0.2) is 13.1 Å². The highest BCUT2D eigenvalue weighted by atomic mass is 16.5. The van der Waals surface area contributed by atoms with Gasteiger partial charge in [0.25, 0.3) is 0 Å². The Bertz CT molecular complexity index is 866. The smallest absolute Gasteiger partial charge is 0.336 e. The molecule has 0 unspecified atom stereocenters. The van der Waals surface area contributed by atoms with E-state index in [4.69, 9.17) is 13.9 Å². The van der Waals surface area contributed by atoms with Gasteiger partial charge in [0.1, 0.15) is 17.9 Å². The van der Waals surface area contributed by atoms with Gasteiger partial charge in [-0.05, 0) is 49.1 Å². The Morgan fingerprint density at radius 1 is 1.15 bits per heavy atom. The molecule has 0 atom stereocenters. The molecule has 0 N–H and O–H groups in total. The van der Waals surface area contributed by atoms with Crippen molar-refractivity contribution in [1.29, 1.82) is 0 Å². The summed E-state index contributed by atoms with van der Waals surface area (Å²) in [6, 6.07) is 6.66. The largest absolute Gasteiger partial charge is 0.497 e. The number of hydrogen-bond donors (Lipinski definition) is 0. The highest BCUT2D eigenvalue weighted by Crippen LogP contribution is 2.40. The van der Waals surface area contributed by atoms with Crippen molar-refractivity contribution in [2.24, 2.45) is 17.3 Å². The van der Waals surface area contributed by atoms with Gasteiger partial charge in [0.05, 0.1) is 13.0 Å². The van der Waals surface area contributed by atoms with E-state index in [1.807, 2.05) is 6.07 Å². The number of fused-ring (bicyclic) bond motifs is 1. The molecule has 146 valence electrons. The fourth-order valence-electron chi connectivity index (χ4n) is 3.92. The second-order valence-electron chi connectivity index (χ2n) is 8.48. The summed E-state index contributed by atoms with van der Waals surface area (Å²) in [7, 11) is 1.55. The average Bonchev–Trinajstić information content (AvgIpc) is 2.64. The van der Waals surface area contributed by atoms with Crippen molar-refractivity contribution in [3.05, 3.63) is 40.2 Å². The van der Waals surface area contributed by atoms with Gasteiger partial charge in [-0.3, -0.25) is 4.79 Å². The van der Waals surface area contributed by atoms with Crippen LogP contribution in [0.25, 0.3) is 11.0 Å².